The first-order chi connectivity index (χ1) is 12.4. The molecule has 8 heteroatoms. The number of benzene rings is 1. The number of fused-ring (bicyclic) bond motifs is 1. The molecule has 142 valence electrons. The number of nitrogens with zero attached hydrogens (tertiary/aromatic N) is 2. The molecule has 1 fully saturated rings. The van der Waals surface area contributed by atoms with E-state index in [1.807, 2.05) is 29.2 Å². The van der Waals surface area contributed by atoms with Crippen molar-refractivity contribution < 1.29 is 13.2 Å². The molecule has 0 saturated carbocycles. The van der Waals surface area contributed by atoms with E-state index in [1.165, 1.54) is 0 Å². The predicted octanol–water partition coefficient (Wildman–Crippen LogP) is 1.50. The first-order valence-corrected chi connectivity index (χ1v) is 10.9. The normalized spacial score (nSPS) is 19.9. The van der Waals surface area contributed by atoms with E-state index < -0.39 is 9.84 Å². The SMILES string of the molecule is CC[C@@H](C)[C@H](NC(=O)CN1CCS(=O)(=O)CC1)c1nc2ccccc2[nH]1. The number of aromatic nitrogens is 2. The largest absolute Gasteiger partial charge is 0.345 e. The van der Waals surface area contributed by atoms with Crippen molar-refractivity contribution in [3.8, 4) is 0 Å². The van der Waals surface area contributed by atoms with Gasteiger partial charge in [-0.2, -0.15) is 0 Å². The summed E-state index contributed by atoms with van der Waals surface area (Å²) >= 11 is 0. The highest BCUT2D eigenvalue weighted by Crippen LogP contribution is 2.24. The zero-order valence-electron chi connectivity index (χ0n) is 15.2. The Balaban J connectivity index is 1.69. The average Bonchev–Trinajstić information content (AvgIpc) is 3.04. The first kappa shape index (κ1) is 18.8. The predicted molar refractivity (Wildman–Crippen MR) is 102 cm³/mol. The number of nitrogens with one attached hydrogen (secondary N) is 2. The van der Waals surface area contributed by atoms with Gasteiger partial charge in [0.15, 0.2) is 9.84 Å². The highest BCUT2D eigenvalue weighted by atomic mass is 32.2. The van der Waals surface area contributed by atoms with Crippen LogP contribution in [0.15, 0.2) is 24.3 Å². The number of sulfone groups is 1. The fourth-order valence-corrected chi connectivity index (χ4v) is 4.44. The minimum atomic E-state index is -2.94. The van der Waals surface area contributed by atoms with Gasteiger partial charge in [0, 0.05) is 13.1 Å². The van der Waals surface area contributed by atoms with E-state index in [4.69, 9.17) is 0 Å². The second kappa shape index (κ2) is 7.75. The van der Waals surface area contributed by atoms with Gasteiger partial charge < -0.3 is 10.3 Å². The summed E-state index contributed by atoms with van der Waals surface area (Å²) in [5.41, 5.74) is 1.83. The van der Waals surface area contributed by atoms with Gasteiger partial charge in [-0.15, -0.1) is 0 Å². The fourth-order valence-electron chi connectivity index (χ4n) is 3.17. The quantitative estimate of drug-likeness (QED) is 0.794. The van der Waals surface area contributed by atoms with Crippen LogP contribution in [0.25, 0.3) is 11.0 Å². The fraction of sp³-hybridized carbons (Fsp3) is 0.556. The Bertz CT molecular complexity index is 830. The topological polar surface area (TPSA) is 95.2 Å². The van der Waals surface area contributed by atoms with Gasteiger partial charge in [-0.05, 0) is 18.1 Å². The van der Waals surface area contributed by atoms with Crippen molar-refractivity contribution in [3.05, 3.63) is 30.1 Å². The maximum atomic E-state index is 12.5. The number of aromatic amines is 1. The van der Waals surface area contributed by atoms with Gasteiger partial charge in [-0.25, -0.2) is 13.4 Å². The van der Waals surface area contributed by atoms with Crippen molar-refractivity contribution in [2.75, 3.05) is 31.1 Å². The van der Waals surface area contributed by atoms with E-state index in [0.717, 1.165) is 23.3 Å². The molecule has 2 aromatic rings. The molecular weight excluding hydrogens is 352 g/mol. The van der Waals surface area contributed by atoms with E-state index in [2.05, 4.69) is 29.1 Å². The lowest BCUT2D eigenvalue weighted by molar-refractivity contribution is -0.123. The number of rotatable bonds is 6. The number of H-pyrrole nitrogens is 1. The Labute approximate surface area is 154 Å². The van der Waals surface area contributed by atoms with Gasteiger partial charge in [-0.3, -0.25) is 9.69 Å². The van der Waals surface area contributed by atoms with Crippen molar-refractivity contribution in [3.63, 3.8) is 0 Å². The zero-order valence-corrected chi connectivity index (χ0v) is 16.1. The Morgan fingerprint density at radius 3 is 2.65 bits per heavy atom. The summed E-state index contributed by atoms with van der Waals surface area (Å²) in [6.07, 6.45) is 0.907. The highest BCUT2D eigenvalue weighted by molar-refractivity contribution is 7.91. The van der Waals surface area contributed by atoms with Gasteiger partial charge in [0.1, 0.15) is 5.82 Å². The summed E-state index contributed by atoms with van der Waals surface area (Å²) in [4.78, 5) is 22.4. The molecule has 0 aliphatic carbocycles. The molecule has 2 heterocycles. The van der Waals surface area contributed by atoms with Crippen LogP contribution in [0.2, 0.25) is 0 Å². The van der Waals surface area contributed by atoms with Crippen LogP contribution in [0.1, 0.15) is 32.1 Å². The minimum absolute atomic E-state index is 0.102. The molecule has 1 amide bonds. The van der Waals surface area contributed by atoms with Crippen LogP contribution >= 0.6 is 0 Å². The van der Waals surface area contributed by atoms with Crippen LogP contribution in [0.3, 0.4) is 0 Å². The van der Waals surface area contributed by atoms with Crippen LogP contribution < -0.4 is 5.32 Å². The monoisotopic (exact) mass is 378 g/mol. The molecule has 7 nitrogen and oxygen atoms in total. The second-order valence-electron chi connectivity index (χ2n) is 7.00. The van der Waals surface area contributed by atoms with Crippen molar-refractivity contribution in [1.82, 2.24) is 20.2 Å². The maximum Gasteiger partial charge on any atom is 0.234 e. The number of hydrogen-bond donors (Lipinski definition) is 2. The molecule has 1 aromatic carbocycles. The van der Waals surface area contributed by atoms with Gasteiger partial charge in [0.25, 0.3) is 0 Å². The van der Waals surface area contributed by atoms with Gasteiger partial charge in [0.2, 0.25) is 5.91 Å². The molecule has 26 heavy (non-hydrogen) atoms. The van der Waals surface area contributed by atoms with Crippen LogP contribution in [0.4, 0.5) is 0 Å². The average molecular weight is 378 g/mol. The Kier molecular flexibility index (Phi) is 5.62. The standard InChI is InChI=1S/C18H26N4O3S/c1-3-13(2)17(18-19-14-6-4-5-7-15(14)20-18)21-16(23)12-22-8-10-26(24,25)11-9-22/h4-7,13,17H,3,8-12H2,1-2H3,(H,19,20)(H,21,23)/t13-,17+/m1/s1. The van der Waals surface area contributed by atoms with Crippen molar-refractivity contribution in [2.24, 2.45) is 5.92 Å². The highest BCUT2D eigenvalue weighted by Gasteiger charge is 2.26. The van der Waals surface area contributed by atoms with Crippen molar-refractivity contribution in [2.45, 2.75) is 26.3 Å². The second-order valence-corrected chi connectivity index (χ2v) is 9.30. The molecule has 3 rings (SSSR count). The molecule has 1 aromatic heterocycles. The summed E-state index contributed by atoms with van der Waals surface area (Å²) in [6, 6.07) is 7.60. The van der Waals surface area contributed by atoms with E-state index in [1.54, 1.807) is 0 Å². The minimum Gasteiger partial charge on any atom is -0.345 e. The zero-order chi connectivity index (χ0) is 18.7. The van der Waals surface area contributed by atoms with E-state index >= 15 is 0 Å². The third kappa shape index (κ3) is 4.42. The summed E-state index contributed by atoms with van der Waals surface area (Å²) in [7, 11) is -2.94. The van der Waals surface area contributed by atoms with Gasteiger partial charge >= 0.3 is 0 Å². The lowest BCUT2D eigenvalue weighted by Crippen LogP contribution is -2.46. The lowest BCUT2D eigenvalue weighted by Gasteiger charge is -2.28. The molecule has 1 saturated heterocycles. The molecule has 2 atom stereocenters. The van der Waals surface area contributed by atoms with Crippen LogP contribution in [-0.2, 0) is 14.6 Å². The third-order valence-electron chi connectivity index (χ3n) is 5.04. The van der Waals surface area contributed by atoms with E-state index in [-0.39, 0.29) is 35.9 Å². The molecule has 0 spiro atoms. The number of imidazole rings is 1. The molecule has 0 bridgehead atoms. The number of hydrogen-bond acceptors (Lipinski definition) is 5. The summed E-state index contributed by atoms with van der Waals surface area (Å²) in [6.45, 7) is 5.21. The third-order valence-corrected chi connectivity index (χ3v) is 6.65. The molecular formula is C18H26N4O3S. The first-order valence-electron chi connectivity index (χ1n) is 9.04. The molecule has 1 aliphatic rings. The number of amides is 1. The van der Waals surface area contributed by atoms with Gasteiger partial charge in [0.05, 0.1) is 35.1 Å². The molecule has 2 N–H and O–H groups in total. The molecule has 1 aliphatic heterocycles. The van der Waals surface area contributed by atoms with E-state index in [0.29, 0.717) is 13.1 Å². The van der Waals surface area contributed by atoms with Crippen LogP contribution in [0.5, 0.6) is 0 Å². The Morgan fingerprint density at radius 1 is 1.31 bits per heavy atom. The van der Waals surface area contributed by atoms with Crippen LogP contribution in [-0.4, -0.2) is 60.3 Å². The number of para-hydroxylation sites is 2. The Hall–Kier alpha value is -1.93. The van der Waals surface area contributed by atoms with Crippen molar-refractivity contribution in [1.29, 1.82) is 0 Å². The number of carbonyl (C=O) groups is 1. The maximum absolute atomic E-state index is 12.5. The Morgan fingerprint density at radius 2 is 2.00 bits per heavy atom. The van der Waals surface area contributed by atoms with E-state index in [9.17, 15) is 13.2 Å². The number of carbonyl (C=O) groups excluding carboxylic acids is 1. The molecule has 0 radical (unpaired) electrons. The smallest absolute Gasteiger partial charge is 0.234 e. The summed E-state index contributed by atoms with van der Waals surface area (Å²) < 4.78 is 23.0. The molecule has 0 unspecified atom stereocenters. The van der Waals surface area contributed by atoms with Crippen LogP contribution in [0, 0.1) is 5.92 Å². The summed E-state index contributed by atoms with van der Waals surface area (Å²) in [5, 5.41) is 3.09. The summed E-state index contributed by atoms with van der Waals surface area (Å²) in [5.74, 6) is 1.13. The van der Waals surface area contributed by atoms with Gasteiger partial charge in [-0.1, -0.05) is 32.4 Å². The lowest BCUT2D eigenvalue weighted by atomic mass is 9.98. The van der Waals surface area contributed by atoms with Crippen molar-refractivity contribution >= 4 is 26.8 Å².